The van der Waals surface area contributed by atoms with Crippen molar-refractivity contribution < 1.29 is 4.79 Å². The molecule has 28 heavy (non-hydrogen) atoms. The maximum absolute atomic E-state index is 12.1. The summed E-state index contributed by atoms with van der Waals surface area (Å²) < 4.78 is 1.89. The third kappa shape index (κ3) is 5.84. The van der Waals surface area contributed by atoms with E-state index in [1.54, 1.807) is 7.05 Å². The van der Waals surface area contributed by atoms with Crippen LogP contribution in [0.3, 0.4) is 0 Å². The van der Waals surface area contributed by atoms with Crippen LogP contribution in [0.5, 0.6) is 0 Å². The lowest BCUT2D eigenvalue weighted by Crippen LogP contribution is -2.36. The van der Waals surface area contributed by atoms with Gasteiger partial charge in [-0.25, -0.2) is 0 Å². The van der Waals surface area contributed by atoms with E-state index in [-0.39, 0.29) is 5.91 Å². The number of unbranched alkanes of at least 4 members (excludes halogenated alkanes) is 1. The standard InChI is InChI=1S/C21H32N6O/c1-6-7-12-23-20(28)18-10-8-17(9-11-18)13-24-21(22-4)25-14-19-15(2)26-27(5)16(19)3/h8-11H,6-7,12-14H2,1-5H3,(H,23,28)(H2,22,24,25). The van der Waals surface area contributed by atoms with E-state index in [0.717, 1.165) is 42.3 Å². The average molecular weight is 385 g/mol. The number of benzene rings is 1. The molecular formula is C21H32N6O. The first-order chi connectivity index (χ1) is 13.5. The Bertz CT molecular complexity index is 807. The number of nitrogens with zero attached hydrogens (tertiary/aromatic N) is 3. The molecule has 0 fully saturated rings. The highest BCUT2D eigenvalue weighted by Gasteiger charge is 2.10. The van der Waals surface area contributed by atoms with Crippen molar-refractivity contribution in [2.75, 3.05) is 13.6 Å². The molecule has 1 amide bonds. The summed E-state index contributed by atoms with van der Waals surface area (Å²) in [5.41, 5.74) is 5.12. The fourth-order valence-electron chi connectivity index (χ4n) is 2.91. The maximum Gasteiger partial charge on any atom is 0.251 e. The Morgan fingerprint density at radius 2 is 1.79 bits per heavy atom. The van der Waals surface area contributed by atoms with E-state index in [9.17, 15) is 4.79 Å². The number of carbonyl (C=O) groups is 1. The highest BCUT2D eigenvalue weighted by molar-refractivity contribution is 5.94. The van der Waals surface area contributed by atoms with Crippen molar-refractivity contribution in [3.05, 3.63) is 52.3 Å². The molecule has 0 bridgehead atoms. The number of hydrogen-bond acceptors (Lipinski definition) is 3. The molecule has 0 aliphatic rings. The summed E-state index contributed by atoms with van der Waals surface area (Å²) in [4.78, 5) is 16.3. The quantitative estimate of drug-likeness (QED) is 0.371. The molecule has 1 aromatic carbocycles. The normalized spacial score (nSPS) is 11.4. The molecule has 0 radical (unpaired) electrons. The van der Waals surface area contributed by atoms with Gasteiger partial charge in [-0.15, -0.1) is 0 Å². The zero-order valence-corrected chi connectivity index (χ0v) is 17.6. The highest BCUT2D eigenvalue weighted by Crippen LogP contribution is 2.11. The summed E-state index contributed by atoms with van der Waals surface area (Å²) in [5.74, 6) is 0.705. The second-order valence-corrected chi connectivity index (χ2v) is 6.86. The van der Waals surface area contributed by atoms with Gasteiger partial charge >= 0.3 is 0 Å². The molecule has 0 aliphatic heterocycles. The summed E-state index contributed by atoms with van der Waals surface area (Å²) in [6, 6.07) is 7.64. The zero-order valence-electron chi connectivity index (χ0n) is 17.6. The lowest BCUT2D eigenvalue weighted by atomic mass is 10.1. The summed E-state index contributed by atoms with van der Waals surface area (Å²) in [6.45, 7) is 8.20. The zero-order chi connectivity index (χ0) is 20.5. The third-order valence-corrected chi connectivity index (χ3v) is 4.81. The lowest BCUT2D eigenvalue weighted by Gasteiger charge is -2.12. The maximum atomic E-state index is 12.1. The minimum Gasteiger partial charge on any atom is -0.352 e. The largest absolute Gasteiger partial charge is 0.352 e. The number of aromatic nitrogens is 2. The topological polar surface area (TPSA) is 83.3 Å². The van der Waals surface area contributed by atoms with Crippen molar-refractivity contribution >= 4 is 11.9 Å². The van der Waals surface area contributed by atoms with Crippen molar-refractivity contribution in [2.45, 2.75) is 46.7 Å². The Labute approximate surface area is 167 Å². The number of aliphatic imine (C=N–C) groups is 1. The molecule has 0 atom stereocenters. The fourth-order valence-corrected chi connectivity index (χ4v) is 2.91. The van der Waals surface area contributed by atoms with Gasteiger partial charge in [-0.3, -0.25) is 14.5 Å². The Morgan fingerprint density at radius 3 is 2.36 bits per heavy atom. The van der Waals surface area contributed by atoms with Crippen LogP contribution in [-0.4, -0.2) is 35.2 Å². The molecule has 0 spiro atoms. The molecule has 152 valence electrons. The molecule has 0 saturated carbocycles. The number of amides is 1. The van der Waals surface area contributed by atoms with Crippen LogP contribution >= 0.6 is 0 Å². The number of guanidine groups is 1. The van der Waals surface area contributed by atoms with E-state index in [4.69, 9.17) is 0 Å². The van der Waals surface area contributed by atoms with Crippen molar-refractivity contribution in [1.29, 1.82) is 0 Å². The Kier molecular flexibility index (Phi) is 8.04. The molecule has 0 saturated heterocycles. The minimum absolute atomic E-state index is 0.0207. The van der Waals surface area contributed by atoms with Gasteiger partial charge in [0.15, 0.2) is 5.96 Å². The number of hydrogen-bond donors (Lipinski definition) is 3. The van der Waals surface area contributed by atoms with Crippen LogP contribution in [0.2, 0.25) is 0 Å². The van der Waals surface area contributed by atoms with Crippen LogP contribution in [-0.2, 0) is 20.1 Å². The number of nitrogens with one attached hydrogen (secondary N) is 3. The van der Waals surface area contributed by atoms with Crippen molar-refractivity contribution in [2.24, 2.45) is 12.0 Å². The van der Waals surface area contributed by atoms with Crippen LogP contribution in [0, 0.1) is 13.8 Å². The van der Waals surface area contributed by atoms with Crippen LogP contribution in [0.15, 0.2) is 29.3 Å². The Hall–Kier alpha value is -2.83. The predicted octanol–water partition coefficient (Wildman–Crippen LogP) is 2.43. The first-order valence-corrected chi connectivity index (χ1v) is 9.77. The monoisotopic (exact) mass is 384 g/mol. The van der Waals surface area contributed by atoms with E-state index in [1.165, 1.54) is 5.56 Å². The number of rotatable bonds is 8. The second-order valence-electron chi connectivity index (χ2n) is 6.86. The van der Waals surface area contributed by atoms with Gasteiger partial charge in [0.05, 0.1) is 5.69 Å². The molecule has 7 nitrogen and oxygen atoms in total. The SMILES string of the molecule is CCCCNC(=O)c1ccc(CNC(=NC)NCc2c(C)nn(C)c2C)cc1. The van der Waals surface area contributed by atoms with E-state index < -0.39 is 0 Å². The van der Waals surface area contributed by atoms with Crippen molar-refractivity contribution in [3.63, 3.8) is 0 Å². The van der Waals surface area contributed by atoms with Crippen molar-refractivity contribution in [3.8, 4) is 0 Å². The van der Waals surface area contributed by atoms with Crippen LogP contribution in [0.25, 0.3) is 0 Å². The molecular weight excluding hydrogens is 352 g/mol. The molecule has 0 aliphatic carbocycles. The molecule has 0 unspecified atom stereocenters. The molecule has 2 rings (SSSR count). The Balaban J connectivity index is 1.85. The number of carbonyl (C=O) groups excluding carboxylic acids is 1. The van der Waals surface area contributed by atoms with E-state index in [1.807, 2.05) is 42.9 Å². The lowest BCUT2D eigenvalue weighted by molar-refractivity contribution is 0.0953. The molecule has 1 heterocycles. The van der Waals surface area contributed by atoms with Gasteiger partial charge in [-0.2, -0.15) is 5.10 Å². The van der Waals surface area contributed by atoms with Gasteiger partial charge in [0.25, 0.3) is 5.91 Å². The van der Waals surface area contributed by atoms with Crippen LogP contribution in [0.1, 0.15) is 52.6 Å². The van der Waals surface area contributed by atoms with Crippen LogP contribution < -0.4 is 16.0 Å². The highest BCUT2D eigenvalue weighted by atomic mass is 16.1. The van der Waals surface area contributed by atoms with Crippen molar-refractivity contribution in [1.82, 2.24) is 25.7 Å². The van der Waals surface area contributed by atoms with Gasteiger partial charge in [-0.1, -0.05) is 25.5 Å². The second kappa shape index (κ2) is 10.5. The van der Waals surface area contributed by atoms with Crippen LogP contribution in [0.4, 0.5) is 0 Å². The van der Waals surface area contributed by atoms with Gasteiger partial charge in [-0.05, 0) is 38.0 Å². The first kappa shape index (κ1) is 21.5. The first-order valence-electron chi connectivity index (χ1n) is 9.77. The average Bonchev–Trinajstić information content (AvgIpc) is 2.94. The molecule has 2 aromatic rings. The summed E-state index contributed by atoms with van der Waals surface area (Å²) in [7, 11) is 3.70. The third-order valence-electron chi connectivity index (χ3n) is 4.81. The molecule has 3 N–H and O–H groups in total. The summed E-state index contributed by atoms with van der Waals surface area (Å²) in [5, 5.41) is 14.0. The van der Waals surface area contributed by atoms with Gasteiger partial charge in [0.1, 0.15) is 0 Å². The van der Waals surface area contributed by atoms with Gasteiger partial charge < -0.3 is 16.0 Å². The van der Waals surface area contributed by atoms with Gasteiger partial charge in [0, 0.05) is 50.6 Å². The van der Waals surface area contributed by atoms with E-state index >= 15 is 0 Å². The minimum atomic E-state index is -0.0207. The predicted molar refractivity (Wildman–Crippen MR) is 113 cm³/mol. The smallest absolute Gasteiger partial charge is 0.251 e. The molecule has 7 heteroatoms. The van der Waals surface area contributed by atoms with Gasteiger partial charge in [0.2, 0.25) is 0 Å². The van der Waals surface area contributed by atoms with E-state index in [0.29, 0.717) is 18.7 Å². The van der Waals surface area contributed by atoms with E-state index in [2.05, 4.69) is 39.9 Å². The fraction of sp³-hybridized carbons (Fsp3) is 0.476. The Morgan fingerprint density at radius 1 is 1.11 bits per heavy atom. The molecule has 1 aromatic heterocycles. The summed E-state index contributed by atoms with van der Waals surface area (Å²) >= 11 is 0. The number of aryl methyl sites for hydroxylation is 2. The summed E-state index contributed by atoms with van der Waals surface area (Å²) in [6.07, 6.45) is 2.07.